The summed E-state index contributed by atoms with van der Waals surface area (Å²) in [7, 11) is 1.50. The number of fused-ring (bicyclic) bond motifs is 3. The van der Waals surface area contributed by atoms with Crippen molar-refractivity contribution < 1.29 is 19.7 Å². The number of hydrogen-bond donors (Lipinski definition) is 2. The van der Waals surface area contributed by atoms with Crippen LogP contribution in [-0.2, 0) is 9.53 Å². The van der Waals surface area contributed by atoms with Crippen LogP contribution in [0.5, 0.6) is 0 Å². The maximum atomic E-state index is 12.8. The minimum Gasteiger partial charge on any atom is -0.469 e. The van der Waals surface area contributed by atoms with Gasteiger partial charge in [0.1, 0.15) is 0 Å². The molecule has 0 aromatic heterocycles. The zero-order chi connectivity index (χ0) is 20.0. The number of esters is 1. The van der Waals surface area contributed by atoms with E-state index in [1.54, 1.807) is 0 Å². The van der Waals surface area contributed by atoms with Crippen molar-refractivity contribution in [2.45, 2.75) is 66.2 Å². The molecule has 3 saturated carbocycles. The van der Waals surface area contributed by atoms with Crippen LogP contribution >= 0.6 is 0 Å². The molecule has 3 aliphatic rings. The average molecular weight is 381 g/mol. The molecular weight excluding hydrogens is 340 g/mol. The first kappa shape index (κ1) is 21.1. The van der Waals surface area contributed by atoms with E-state index in [-0.39, 0.29) is 42.4 Å². The fourth-order valence-corrected chi connectivity index (χ4v) is 7.91. The van der Waals surface area contributed by atoms with Crippen molar-refractivity contribution in [3.8, 4) is 0 Å². The van der Waals surface area contributed by atoms with Gasteiger partial charge < -0.3 is 14.9 Å². The molecule has 0 spiro atoms. The lowest BCUT2D eigenvalue weighted by atomic mass is 9.40. The third kappa shape index (κ3) is 3.15. The molecule has 0 unspecified atom stereocenters. The van der Waals surface area contributed by atoms with E-state index in [0.29, 0.717) is 23.7 Å². The molecule has 3 fully saturated rings. The van der Waals surface area contributed by atoms with Gasteiger partial charge in [-0.25, -0.2) is 0 Å². The molecule has 0 aromatic carbocycles. The summed E-state index contributed by atoms with van der Waals surface area (Å²) in [6, 6.07) is 0. The van der Waals surface area contributed by atoms with Gasteiger partial charge in [0.2, 0.25) is 0 Å². The van der Waals surface area contributed by atoms with Crippen molar-refractivity contribution in [3.63, 3.8) is 0 Å². The molecule has 0 amide bonds. The Hall–Kier alpha value is -0.610. The van der Waals surface area contributed by atoms with Crippen LogP contribution in [0, 0.1) is 52.3 Å². The Labute approximate surface area is 165 Å². The van der Waals surface area contributed by atoms with E-state index in [9.17, 15) is 15.0 Å². The second-order valence-corrected chi connectivity index (χ2v) is 10.5. The molecule has 3 rings (SSSR count). The highest BCUT2D eigenvalue weighted by molar-refractivity contribution is 5.77. The molecule has 0 saturated heterocycles. The summed E-state index contributed by atoms with van der Waals surface area (Å²) in [5.74, 6) is 2.54. The molecule has 4 nitrogen and oxygen atoms in total. The van der Waals surface area contributed by atoms with Gasteiger partial charge in [-0.2, -0.15) is 0 Å². The lowest BCUT2D eigenvalue weighted by Crippen LogP contribution is -2.61. The molecule has 27 heavy (non-hydrogen) atoms. The van der Waals surface area contributed by atoms with Gasteiger partial charge in [0, 0.05) is 13.2 Å². The highest BCUT2D eigenvalue weighted by atomic mass is 16.5. The van der Waals surface area contributed by atoms with Crippen LogP contribution in [-0.4, -0.2) is 36.5 Å². The average Bonchev–Trinajstić information content (AvgIpc) is 2.65. The van der Waals surface area contributed by atoms with Crippen molar-refractivity contribution >= 4 is 5.97 Å². The second-order valence-electron chi connectivity index (χ2n) is 10.5. The van der Waals surface area contributed by atoms with Gasteiger partial charge in [-0.15, -0.1) is 0 Å². The third-order valence-corrected chi connectivity index (χ3v) is 9.18. The largest absolute Gasteiger partial charge is 0.469 e. The van der Waals surface area contributed by atoms with E-state index in [2.05, 4.69) is 27.7 Å². The molecule has 0 heterocycles. The molecule has 0 aromatic rings. The normalized spacial score (nSPS) is 47.3. The number of hydrogen-bond acceptors (Lipinski definition) is 4. The fourth-order valence-electron chi connectivity index (χ4n) is 7.91. The lowest BCUT2D eigenvalue weighted by molar-refractivity contribution is -0.194. The molecule has 8 atom stereocenters. The van der Waals surface area contributed by atoms with Crippen LogP contribution in [0.2, 0.25) is 0 Å². The number of aliphatic hydroxyl groups excluding tert-OH is 2. The standard InChI is InChI=1S/C23H40O4/c1-14(2)16-7-8-18-20(17(16)13-25)15(12-24)11-19-22(18,3)9-6-10-23(19,4)21(26)27-5/h14-20,24-25H,6-13H2,1-5H3/t15-,16+,17+,18+,19+,20+,22+,23+/m0/s1. The SMILES string of the molecule is COC(=O)[C@]1(C)CCC[C@]2(C)[C@@H]3CC[C@H](C(C)C)[C@@H](CO)[C@H]3[C@H](CO)C[C@H]21. The van der Waals surface area contributed by atoms with Crippen LogP contribution in [0.4, 0.5) is 0 Å². The summed E-state index contributed by atoms with van der Waals surface area (Å²) >= 11 is 0. The molecule has 0 aliphatic heterocycles. The van der Waals surface area contributed by atoms with Crippen LogP contribution in [0.25, 0.3) is 0 Å². The Morgan fingerprint density at radius 1 is 1.15 bits per heavy atom. The topological polar surface area (TPSA) is 66.8 Å². The lowest BCUT2D eigenvalue weighted by Gasteiger charge is -2.64. The minimum atomic E-state index is -0.455. The first-order valence-corrected chi connectivity index (χ1v) is 11.0. The van der Waals surface area contributed by atoms with Gasteiger partial charge in [0.25, 0.3) is 0 Å². The summed E-state index contributed by atoms with van der Waals surface area (Å²) in [5, 5.41) is 20.6. The van der Waals surface area contributed by atoms with Crippen LogP contribution in [0.15, 0.2) is 0 Å². The van der Waals surface area contributed by atoms with E-state index < -0.39 is 5.41 Å². The zero-order valence-corrected chi connectivity index (χ0v) is 17.9. The summed E-state index contributed by atoms with van der Waals surface area (Å²) in [4.78, 5) is 12.8. The van der Waals surface area contributed by atoms with E-state index in [4.69, 9.17) is 4.74 Å². The summed E-state index contributed by atoms with van der Waals surface area (Å²) < 4.78 is 5.24. The molecule has 156 valence electrons. The molecule has 0 radical (unpaired) electrons. The predicted molar refractivity (Wildman–Crippen MR) is 106 cm³/mol. The number of ether oxygens (including phenoxy) is 1. The van der Waals surface area contributed by atoms with Crippen molar-refractivity contribution in [1.82, 2.24) is 0 Å². The maximum absolute atomic E-state index is 12.8. The predicted octanol–water partition coefficient (Wildman–Crippen LogP) is 3.89. The van der Waals surface area contributed by atoms with E-state index in [0.717, 1.165) is 38.5 Å². The Morgan fingerprint density at radius 2 is 1.85 bits per heavy atom. The monoisotopic (exact) mass is 380 g/mol. The number of carbonyl (C=O) groups excluding carboxylic acids is 1. The summed E-state index contributed by atoms with van der Waals surface area (Å²) in [6.07, 6.45) is 6.27. The summed E-state index contributed by atoms with van der Waals surface area (Å²) in [6.45, 7) is 9.40. The van der Waals surface area contributed by atoms with Gasteiger partial charge in [-0.1, -0.05) is 27.2 Å². The van der Waals surface area contributed by atoms with Crippen molar-refractivity contribution in [2.24, 2.45) is 52.3 Å². The molecular formula is C23H40O4. The quantitative estimate of drug-likeness (QED) is 0.726. The van der Waals surface area contributed by atoms with Crippen LogP contribution < -0.4 is 0 Å². The Balaban J connectivity index is 2.01. The highest BCUT2D eigenvalue weighted by Gasteiger charge is 2.63. The number of carbonyl (C=O) groups is 1. The summed E-state index contributed by atoms with van der Waals surface area (Å²) in [5.41, 5.74) is -0.364. The zero-order valence-electron chi connectivity index (χ0n) is 17.9. The highest BCUT2D eigenvalue weighted by Crippen LogP contribution is 2.66. The van der Waals surface area contributed by atoms with Gasteiger partial charge in [0.15, 0.2) is 0 Å². The van der Waals surface area contributed by atoms with Crippen molar-refractivity contribution in [1.29, 1.82) is 0 Å². The van der Waals surface area contributed by atoms with Gasteiger partial charge in [0.05, 0.1) is 12.5 Å². The van der Waals surface area contributed by atoms with Crippen LogP contribution in [0.3, 0.4) is 0 Å². The van der Waals surface area contributed by atoms with Crippen molar-refractivity contribution in [3.05, 3.63) is 0 Å². The van der Waals surface area contributed by atoms with E-state index in [1.807, 2.05) is 0 Å². The molecule has 3 aliphatic carbocycles. The number of aliphatic hydroxyl groups is 2. The van der Waals surface area contributed by atoms with Gasteiger partial charge in [-0.3, -0.25) is 4.79 Å². The Kier molecular flexibility index (Phi) is 5.99. The van der Waals surface area contributed by atoms with Gasteiger partial charge in [-0.05, 0) is 85.9 Å². The van der Waals surface area contributed by atoms with Crippen LogP contribution in [0.1, 0.15) is 66.2 Å². The van der Waals surface area contributed by atoms with Crippen molar-refractivity contribution in [2.75, 3.05) is 20.3 Å². The Bertz CT molecular complexity index is 546. The smallest absolute Gasteiger partial charge is 0.311 e. The molecule has 4 heteroatoms. The van der Waals surface area contributed by atoms with E-state index in [1.165, 1.54) is 7.11 Å². The number of rotatable bonds is 4. The fraction of sp³-hybridized carbons (Fsp3) is 0.957. The first-order valence-electron chi connectivity index (χ1n) is 11.0. The molecule has 0 bridgehead atoms. The van der Waals surface area contributed by atoms with Gasteiger partial charge >= 0.3 is 5.97 Å². The first-order chi connectivity index (χ1) is 12.7. The minimum absolute atomic E-state index is 0.0804. The Morgan fingerprint density at radius 3 is 2.41 bits per heavy atom. The second kappa shape index (κ2) is 7.67. The maximum Gasteiger partial charge on any atom is 0.311 e. The third-order valence-electron chi connectivity index (χ3n) is 9.18. The number of methoxy groups -OCH3 is 1. The van der Waals surface area contributed by atoms with E-state index >= 15 is 0 Å². The molecule has 2 N–H and O–H groups in total.